The fraction of sp³-hybridized carbons (Fsp3) is 0.0667. The van der Waals surface area contributed by atoms with Crippen LogP contribution < -0.4 is 11.2 Å². The van der Waals surface area contributed by atoms with Crippen LogP contribution in [0.15, 0.2) is 63.6 Å². The third-order valence-corrected chi connectivity index (χ3v) is 4.17. The second kappa shape index (κ2) is 8.18. The summed E-state index contributed by atoms with van der Waals surface area (Å²) in [5.41, 5.74) is 8.64. The SMILES string of the molecule is Cc1ccc(S(=O)(=O)ONC(N)=NN=Cc2cccc([N+](=O)[O-])c2)cc1. The molecule has 0 bridgehead atoms. The first-order chi connectivity index (χ1) is 12.3. The van der Waals surface area contributed by atoms with Crippen LogP contribution in [0.5, 0.6) is 0 Å². The molecule has 0 unspecified atom stereocenters. The summed E-state index contributed by atoms with van der Waals surface area (Å²) >= 11 is 0. The molecule has 2 aromatic carbocycles. The van der Waals surface area contributed by atoms with Crippen molar-refractivity contribution in [3.05, 3.63) is 69.8 Å². The molecule has 11 heteroatoms. The summed E-state index contributed by atoms with van der Waals surface area (Å²) in [4.78, 5) is 10.1. The van der Waals surface area contributed by atoms with Crippen molar-refractivity contribution in [2.75, 3.05) is 0 Å². The molecule has 0 aliphatic rings. The lowest BCUT2D eigenvalue weighted by Crippen LogP contribution is -2.33. The normalized spacial score (nSPS) is 12.3. The van der Waals surface area contributed by atoms with Gasteiger partial charge >= 0.3 is 10.1 Å². The molecule has 2 aromatic rings. The molecule has 0 aromatic heterocycles. The van der Waals surface area contributed by atoms with Gasteiger partial charge in [0.15, 0.2) is 0 Å². The Labute approximate surface area is 149 Å². The molecule has 0 radical (unpaired) electrons. The van der Waals surface area contributed by atoms with Crippen LogP contribution in [-0.4, -0.2) is 25.5 Å². The van der Waals surface area contributed by atoms with Gasteiger partial charge in [-0.25, -0.2) is 5.48 Å². The molecular weight excluding hydrogens is 362 g/mol. The van der Waals surface area contributed by atoms with E-state index in [4.69, 9.17) is 5.73 Å². The highest BCUT2D eigenvalue weighted by Crippen LogP contribution is 2.12. The van der Waals surface area contributed by atoms with Gasteiger partial charge in [0.2, 0.25) is 5.96 Å². The number of hydrogen-bond donors (Lipinski definition) is 2. The summed E-state index contributed by atoms with van der Waals surface area (Å²) < 4.78 is 28.5. The number of hydrogen-bond acceptors (Lipinski definition) is 7. The number of aryl methyl sites for hydroxylation is 1. The van der Waals surface area contributed by atoms with Crippen LogP contribution in [0.25, 0.3) is 0 Å². The number of nitrogens with zero attached hydrogens (tertiary/aromatic N) is 3. The lowest BCUT2D eigenvalue weighted by atomic mass is 10.2. The standard InChI is InChI=1S/C15H15N5O5S/c1-11-5-7-14(8-6-11)26(23,24)25-19-15(16)18-17-10-12-3-2-4-13(9-12)20(21)22/h2-10H,1H3,(H3,16,18,19). The van der Waals surface area contributed by atoms with Crippen LogP contribution >= 0.6 is 0 Å². The summed E-state index contributed by atoms with van der Waals surface area (Å²) in [6.45, 7) is 1.82. The Morgan fingerprint density at radius 3 is 2.62 bits per heavy atom. The second-order valence-electron chi connectivity index (χ2n) is 5.03. The predicted molar refractivity (Wildman–Crippen MR) is 94.9 cm³/mol. The quantitative estimate of drug-likeness (QED) is 0.335. The maximum atomic E-state index is 11.9. The van der Waals surface area contributed by atoms with Crippen molar-refractivity contribution >= 4 is 28.0 Å². The molecule has 0 spiro atoms. The number of guanidine groups is 1. The van der Waals surface area contributed by atoms with E-state index in [1.165, 1.54) is 36.5 Å². The molecule has 0 saturated heterocycles. The van der Waals surface area contributed by atoms with Crippen molar-refractivity contribution in [1.29, 1.82) is 0 Å². The molecule has 136 valence electrons. The molecule has 0 aliphatic heterocycles. The molecule has 3 N–H and O–H groups in total. The van der Waals surface area contributed by atoms with Crippen molar-refractivity contribution in [2.45, 2.75) is 11.8 Å². The predicted octanol–water partition coefficient (Wildman–Crippen LogP) is 1.46. The molecule has 0 saturated carbocycles. The van der Waals surface area contributed by atoms with Crippen LogP contribution in [0.4, 0.5) is 5.69 Å². The zero-order valence-electron chi connectivity index (χ0n) is 13.6. The third-order valence-electron chi connectivity index (χ3n) is 3.02. The summed E-state index contributed by atoms with van der Waals surface area (Å²) in [6, 6.07) is 11.7. The minimum Gasteiger partial charge on any atom is -0.367 e. The van der Waals surface area contributed by atoms with E-state index in [9.17, 15) is 18.5 Å². The molecule has 0 aliphatic carbocycles. The maximum absolute atomic E-state index is 11.9. The highest BCUT2D eigenvalue weighted by Gasteiger charge is 2.15. The summed E-state index contributed by atoms with van der Waals surface area (Å²) in [6.07, 6.45) is 1.22. The maximum Gasteiger partial charge on any atom is 0.317 e. The van der Waals surface area contributed by atoms with Crippen molar-refractivity contribution < 1.29 is 17.6 Å². The Kier molecular flexibility index (Phi) is 5.98. The third kappa shape index (κ3) is 5.36. The topological polar surface area (TPSA) is 149 Å². The van der Waals surface area contributed by atoms with E-state index in [1.807, 2.05) is 12.4 Å². The largest absolute Gasteiger partial charge is 0.367 e. The van der Waals surface area contributed by atoms with Gasteiger partial charge in [-0.15, -0.1) is 9.39 Å². The fourth-order valence-corrected chi connectivity index (χ4v) is 2.51. The van der Waals surface area contributed by atoms with Gasteiger partial charge in [-0.1, -0.05) is 29.8 Å². The Morgan fingerprint density at radius 1 is 1.27 bits per heavy atom. The van der Waals surface area contributed by atoms with E-state index in [-0.39, 0.29) is 10.6 Å². The zero-order chi connectivity index (χ0) is 19.2. The number of rotatable bonds is 6. The highest BCUT2D eigenvalue weighted by molar-refractivity contribution is 7.86. The van der Waals surface area contributed by atoms with Crippen LogP contribution in [0, 0.1) is 17.0 Å². The fourth-order valence-electron chi connectivity index (χ4n) is 1.75. The Morgan fingerprint density at radius 2 is 1.96 bits per heavy atom. The number of nitrogens with two attached hydrogens (primary N) is 1. The van der Waals surface area contributed by atoms with Crippen molar-refractivity contribution in [3.8, 4) is 0 Å². The molecule has 0 atom stereocenters. The number of nitro groups is 1. The average Bonchev–Trinajstić information content (AvgIpc) is 2.61. The van der Waals surface area contributed by atoms with E-state index >= 15 is 0 Å². The lowest BCUT2D eigenvalue weighted by Gasteiger charge is -2.06. The smallest absolute Gasteiger partial charge is 0.317 e. The van der Waals surface area contributed by atoms with E-state index in [2.05, 4.69) is 14.5 Å². The first kappa shape index (κ1) is 19.0. The molecule has 10 nitrogen and oxygen atoms in total. The number of nitro benzene ring substituents is 1. The van der Waals surface area contributed by atoms with E-state index in [1.54, 1.807) is 18.2 Å². The van der Waals surface area contributed by atoms with Gasteiger partial charge < -0.3 is 5.73 Å². The molecule has 0 amide bonds. The summed E-state index contributed by atoms with van der Waals surface area (Å²) in [5, 5.41) is 17.8. The highest BCUT2D eigenvalue weighted by atomic mass is 32.2. The van der Waals surface area contributed by atoms with Gasteiger partial charge in [-0.3, -0.25) is 10.1 Å². The second-order valence-corrected chi connectivity index (χ2v) is 6.58. The van der Waals surface area contributed by atoms with Crippen molar-refractivity contribution in [2.24, 2.45) is 15.9 Å². The van der Waals surface area contributed by atoms with Gasteiger partial charge in [-0.05, 0) is 19.1 Å². The van der Waals surface area contributed by atoms with Crippen LogP contribution in [0.2, 0.25) is 0 Å². The Hall–Kier alpha value is -3.31. The number of hydroxylamine groups is 1. The van der Waals surface area contributed by atoms with E-state index in [0.29, 0.717) is 5.56 Å². The van der Waals surface area contributed by atoms with E-state index in [0.717, 1.165) is 5.56 Å². The van der Waals surface area contributed by atoms with Crippen LogP contribution in [0.1, 0.15) is 11.1 Å². The van der Waals surface area contributed by atoms with Gasteiger partial charge in [0.25, 0.3) is 5.69 Å². The van der Waals surface area contributed by atoms with E-state index < -0.39 is 21.0 Å². The van der Waals surface area contributed by atoms with Gasteiger partial charge in [-0.2, -0.15) is 13.5 Å². The molecule has 26 heavy (non-hydrogen) atoms. The molecule has 2 rings (SSSR count). The monoisotopic (exact) mass is 377 g/mol. The lowest BCUT2D eigenvalue weighted by molar-refractivity contribution is -0.384. The van der Waals surface area contributed by atoms with Gasteiger partial charge in [0.1, 0.15) is 0 Å². The first-order valence-corrected chi connectivity index (χ1v) is 8.56. The van der Waals surface area contributed by atoms with Gasteiger partial charge in [0.05, 0.1) is 16.0 Å². The summed E-state index contributed by atoms with van der Waals surface area (Å²) in [7, 11) is -4.06. The minimum atomic E-state index is -4.06. The average molecular weight is 377 g/mol. The molecular formula is C15H15N5O5S. The summed E-state index contributed by atoms with van der Waals surface area (Å²) in [5.74, 6) is -0.414. The number of nitrogens with one attached hydrogen (secondary N) is 1. The van der Waals surface area contributed by atoms with Gasteiger partial charge in [0, 0.05) is 17.7 Å². The Bertz CT molecular complexity index is 955. The molecule has 0 heterocycles. The first-order valence-electron chi connectivity index (χ1n) is 7.15. The van der Waals surface area contributed by atoms with Crippen molar-refractivity contribution in [3.63, 3.8) is 0 Å². The Balaban J connectivity index is 1.99. The van der Waals surface area contributed by atoms with Crippen LogP contribution in [-0.2, 0) is 14.4 Å². The van der Waals surface area contributed by atoms with Crippen molar-refractivity contribution in [1.82, 2.24) is 5.48 Å². The minimum absolute atomic E-state index is 0.0523. The zero-order valence-corrected chi connectivity index (χ0v) is 14.4. The number of benzene rings is 2. The number of non-ortho nitro benzene ring substituents is 1. The molecule has 0 fully saturated rings. The van der Waals surface area contributed by atoms with Crippen LogP contribution in [0.3, 0.4) is 0 Å².